The molecule has 3 nitrogen and oxygen atoms in total. The highest BCUT2D eigenvalue weighted by Gasteiger charge is 2.23. The summed E-state index contributed by atoms with van der Waals surface area (Å²) in [4.78, 5) is 13.6. The van der Waals surface area contributed by atoms with Crippen molar-refractivity contribution in [3.05, 3.63) is 0 Å². The lowest BCUT2D eigenvalue weighted by molar-refractivity contribution is -0.131. The molecule has 1 fully saturated rings. The molecule has 0 aliphatic carbocycles. The van der Waals surface area contributed by atoms with Gasteiger partial charge in [0.1, 0.15) is 0 Å². The highest BCUT2D eigenvalue weighted by molar-refractivity contribution is 5.81. The third-order valence-electron chi connectivity index (χ3n) is 2.46. The molecule has 1 atom stereocenters. The second kappa shape index (κ2) is 4.61. The Morgan fingerprint density at radius 2 is 1.92 bits per heavy atom. The molecule has 2 N–H and O–H groups in total. The summed E-state index contributed by atoms with van der Waals surface area (Å²) in [6, 6.07) is -0.280. The van der Waals surface area contributed by atoms with Crippen LogP contribution in [0.4, 0.5) is 0 Å². The Labute approximate surface area is 80.3 Å². The van der Waals surface area contributed by atoms with Gasteiger partial charge in [0.25, 0.3) is 0 Å². The molecule has 1 amide bonds. The number of nitrogens with two attached hydrogens (primary N) is 1. The van der Waals surface area contributed by atoms with Gasteiger partial charge in [-0.05, 0) is 25.2 Å². The minimum atomic E-state index is -0.280. The predicted octanol–water partition coefficient (Wildman–Crippen LogP) is 0.982. The van der Waals surface area contributed by atoms with Crippen LogP contribution in [0.15, 0.2) is 0 Å². The predicted molar refractivity (Wildman–Crippen MR) is 53.2 cm³/mol. The van der Waals surface area contributed by atoms with Crippen molar-refractivity contribution in [2.24, 2.45) is 11.7 Å². The Morgan fingerprint density at radius 1 is 1.38 bits per heavy atom. The Kier molecular flexibility index (Phi) is 3.72. The fourth-order valence-corrected chi connectivity index (χ4v) is 1.78. The van der Waals surface area contributed by atoms with Gasteiger partial charge in [0.15, 0.2) is 0 Å². The van der Waals surface area contributed by atoms with E-state index in [4.69, 9.17) is 5.73 Å². The van der Waals surface area contributed by atoms with Crippen LogP contribution >= 0.6 is 0 Å². The Hall–Kier alpha value is -0.570. The van der Waals surface area contributed by atoms with Crippen molar-refractivity contribution in [3.8, 4) is 0 Å². The fraction of sp³-hybridized carbons (Fsp3) is 0.900. The number of likely N-dealkylation sites (tertiary alicyclic amines) is 1. The SMILES string of the molecule is CC(C)CC(N)C(=O)N1CCCC1. The third kappa shape index (κ3) is 2.99. The Bertz CT molecular complexity index is 174. The van der Waals surface area contributed by atoms with Gasteiger partial charge in [-0.1, -0.05) is 13.8 Å². The highest BCUT2D eigenvalue weighted by Crippen LogP contribution is 2.11. The molecule has 0 aromatic rings. The van der Waals surface area contributed by atoms with Crippen LogP contribution in [0.1, 0.15) is 33.1 Å². The standard InChI is InChI=1S/C10H20N2O/c1-8(2)7-9(11)10(13)12-5-3-4-6-12/h8-9H,3-7,11H2,1-2H3. The van der Waals surface area contributed by atoms with Crippen LogP contribution in [0.2, 0.25) is 0 Å². The van der Waals surface area contributed by atoms with Crippen molar-refractivity contribution in [2.45, 2.75) is 39.2 Å². The molecule has 76 valence electrons. The maximum absolute atomic E-state index is 11.7. The second-order valence-corrected chi connectivity index (χ2v) is 4.27. The summed E-state index contributed by atoms with van der Waals surface area (Å²) in [5.41, 5.74) is 5.81. The maximum Gasteiger partial charge on any atom is 0.239 e. The monoisotopic (exact) mass is 184 g/mol. The molecule has 0 aromatic carbocycles. The molecule has 13 heavy (non-hydrogen) atoms. The summed E-state index contributed by atoms with van der Waals surface area (Å²) in [5, 5.41) is 0. The lowest BCUT2D eigenvalue weighted by Gasteiger charge is -2.21. The third-order valence-corrected chi connectivity index (χ3v) is 2.46. The van der Waals surface area contributed by atoms with Gasteiger partial charge in [-0.15, -0.1) is 0 Å². The largest absolute Gasteiger partial charge is 0.341 e. The summed E-state index contributed by atoms with van der Waals surface area (Å²) < 4.78 is 0. The van der Waals surface area contributed by atoms with Gasteiger partial charge >= 0.3 is 0 Å². The van der Waals surface area contributed by atoms with Crippen molar-refractivity contribution in [3.63, 3.8) is 0 Å². The van der Waals surface area contributed by atoms with Gasteiger partial charge in [0.2, 0.25) is 5.91 Å². The van der Waals surface area contributed by atoms with Crippen molar-refractivity contribution in [2.75, 3.05) is 13.1 Å². The lowest BCUT2D eigenvalue weighted by Crippen LogP contribution is -2.42. The van der Waals surface area contributed by atoms with E-state index in [0.29, 0.717) is 5.92 Å². The Morgan fingerprint density at radius 3 is 2.38 bits per heavy atom. The van der Waals surface area contributed by atoms with E-state index in [1.54, 1.807) is 0 Å². The van der Waals surface area contributed by atoms with E-state index in [-0.39, 0.29) is 11.9 Å². The Balaban J connectivity index is 2.36. The number of carbonyl (C=O) groups excluding carboxylic acids is 1. The number of rotatable bonds is 3. The molecule has 1 aliphatic heterocycles. The van der Waals surface area contributed by atoms with E-state index < -0.39 is 0 Å². The van der Waals surface area contributed by atoms with Gasteiger partial charge < -0.3 is 10.6 Å². The maximum atomic E-state index is 11.7. The van der Waals surface area contributed by atoms with Crippen LogP contribution in [0.25, 0.3) is 0 Å². The molecule has 0 aromatic heterocycles. The number of hydrogen-bond donors (Lipinski definition) is 1. The molecule has 0 spiro atoms. The van der Waals surface area contributed by atoms with Crippen molar-refractivity contribution in [1.29, 1.82) is 0 Å². The average Bonchev–Trinajstić information content (AvgIpc) is 2.53. The van der Waals surface area contributed by atoms with Gasteiger partial charge in [-0.3, -0.25) is 4.79 Å². The van der Waals surface area contributed by atoms with Crippen molar-refractivity contribution in [1.82, 2.24) is 4.90 Å². The zero-order chi connectivity index (χ0) is 9.84. The molecule has 3 heteroatoms. The number of hydrogen-bond acceptors (Lipinski definition) is 2. The molecule has 0 saturated carbocycles. The number of amides is 1. The molecular formula is C10H20N2O. The molecule has 1 aliphatic rings. The molecule has 1 unspecified atom stereocenters. The van der Waals surface area contributed by atoms with Crippen LogP contribution in [0.3, 0.4) is 0 Å². The first-order valence-electron chi connectivity index (χ1n) is 5.15. The normalized spacial score (nSPS) is 19.5. The molecular weight excluding hydrogens is 164 g/mol. The second-order valence-electron chi connectivity index (χ2n) is 4.27. The minimum absolute atomic E-state index is 0.145. The zero-order valence-electron chi connectivity index (χ0n) is 8.62. The number of nitrogens with zero attached hydrogens (tertiary/aromatic N) is 1. The molecule has 1 saturated heterocycles. The summed E-state index contributed by atoms with van der Waals surface area (Å²) in [5.74, 6) is 0.646. The van der Waals surface area contributed by atoms with Crippen molar-refractivity contribution >= 4 is 5.91 Å². The van der Waals surface area contributed by atoms with E-state index in [1.165, 1.54) is 0 Å². The van der Waals surface area contributed by atoms with Crippen LogP contribution in [0, 0.1) is 5.92 Å². The van der Waals surface area contributed by atoms with Crippen LogP contribution in [-0.2, 0) is 4.79 Å². The lowest BCUT2D eigenvalue weighted by atomic mass is 10.0. The fourth-order valence-electron chi connectivity index (χ4n) is 1.78. The highest BCUT2D eigenvalue weighted by atomic mass is 16.2. The number of carbonyl (C=O) groups is 1. The molecule has 0 radical (unpaired) electrons. The first-order valence-corrected chi connectivity index (χ1v) is 5.15. The van der Waals surface area contributed by atoms with Crippen LogP contribution in [-0.4, -0.2) is 29.9 Å². The van der Waals surface area contributed by atoms with Gasteiger partial charge in [0.05, 0.1) is 6.04 Å². The van der Waals surface area contributed by atoms with Crippen LogP contribution in [0.5, 0.6) is 0 Å². The van der Waals surface area contributed by atoms with E-state index in [1.807, 2.05) is 4.90 Å². The summed E-state index contributed by atoms with van der Waals surface area (Å²) in [6.45, 7) is 6.00. The van der Waals surface area contributed by atoms with Gasteiger partial charge in [0, 0.05) is 13.1 Å². The van der Waals surface area contributed by atoms with E-state index in [9.17, 15) is 4.79 Å². The molecule has 1 rings (SSSR count). The molecule has 0 bridgehead atoms. The first kappa shape index (κ1) is 10.5. The zero-order valence-corrected chi connectivity index (χ0v) is 8.62. The minimum Gasteiger partial charge on any atom is -0.341 e. The van der Waals surface area contributed by atoms with E-state index in [0.717, 1.165) is 32.4 Å². The van der Waals surface area contributed by atoms with Gasteiger partial charge in [-0.2, -0.15) is 0 Å². The topological polar surface area (TPSA) is 46.3 Å². The van der Waals surface area contributed by atoms with E-state index in [2.05, 4.69) is 13.8 Å². The summed E-state index contributed by atoms with van der Waals surface area (Å²) >= 11 is 0. The quantitative estimate of drug-likeness (QED) is 0.710. The summed E-state index contributed by atoms with van der Waals surface area (Å²) in [7, 11) is 0. The first-order chi connectivity index (χ1) is 6.11. The van der Waals surface area contributed by atoms with Crippen LogP contribution < -0.4 is 5.73 Å². The van der Waals surface area contributed by atoms with Crippen molar-refractivity contribution < 1.29 is 4.79 Å². The summed E-state index contributed by atoms with van der Waals surface area (Å²) in [6.07, 6.45) is 3.08. The smallest absolute Gasteiger partial charge is 0.239 e. The van der Waals surface area contributed by atoms with Gasteiger partial charge in [-0.25, -0.2) is 0 Å². The van der Waals surface area contributed by atoms with E-state index >= 15 is 0 Å². The molecule has 1 heterocycles. The average molecular weight is 184 g/mol.